The van der Waals surface area contributed by atoms with Crippen LogP contribution in [0.15, 0.2) is 36.4 Å². The molecule has 26 heavy (non-hydrogen) atoms. The molecule has 0 radical (unpaired) electrons. The lowest BCUT2D eigenvalue weighted by atomic mass is 10.0. The summed E-state index contributed by atoms with van der Waals surface area (Å²) in [5.74, 6) is -0.464. The number of carbonyl (C=O) groups is 2. The van der Waals surface area contributed by atoms with Crippen molar-refractivity contribution in [2.75, 3.05) is 13.7 Å². The summed E-state index contributed by atoms with van der Waals surface area (Å²) in [5, 5.41) is 11.9. The van der Waals surface area contributed by atoms with Gasteiger partial charge in [0.25, 0.3) is 0 Å². The lowest BCUT2D eigenvalue weighted by molar-refractivity contribution is -0.121. The average Bonchev–Trinajstić information content (AvgIpc) is 2.59. The molecule has 2 aromatic carbocycles. The van der Waals surface area contributed by atoms with E-state index < -0.39 is 5.97 Å². The zero-order valence-corrected chi connectivity index (χ0v) is 15.5. The summed E-state index contributed by atoms with van der Waals surface area (Å²) in [6.07, 6.45) is 1.74. The first-order valence-electron chi connectivity index (χ1n) is 8.63. The zero-order chi connectivity index (χ0) is 19.1. The highest BCUT2D eigenvalue weighted by Crippen LogP contribution is 2.20. The fourth-order valence-electron chi connectivity index (χ4n) is 2.98. The van der Waals surface area contributed by atoms with Crippen LogP contribution in [0.3, 0.4) is 0 Å². The third kappa shape index (κ3) is 5.62. The van der Waals surface area contributed by atoms with Gasteiger partial charge in [-0.25, -0.2) is 4.79 Å². The smallest absolute Gasteiger partial charge is 0.335 e. The third-order valence-electron chi connectivity index (χ3n) is 4.17. The van der Waals surface area contributed by atoms with Gasteiger partial charge in [0.1, 0.15) is 5.75 Å². The van der Waals surface area contributed by atoms with E-state index in [1.807, 2.05) is 0 Å². The highest BCUT2D eigenvalue weighted by Gasteiger charge is 2.09. The third-order valence-corrected chi connectivity index (χ3v) is 4.17. The van der Waals surface area contributed by atoms with E-state index in [0.717, 1.165) is 5.56 Å². The maximum Gasteiger partial charge on any atom is 0.335 e. The highest BCUT2D eigenvalue weighted by atomic mass is 16.5. The van der Waals surface area contributed by atoms with Crippen molar-refractivity contribution in [3.05, 3.63) is 64.2 Å². The van der Waals surface area contributed by atoms with E-state index in [9.17, 15) is 9.59 Å². The van der Waals surface area contributed by atoms with Crippen LogP contribution in [0.4, 0.5) is 0 Å². The summed E-state index contributed by atoms with van der Waals surface area (Å²) in [7, 11) is 1.51. The Kier molecular flexibility index (Phi) is 6.78. The van der Waals surface area contributed by atoms with Crippen molar-refractivity contribution in [3.8, 4) is 5.75 Å². The molecule has 5 nitrogen and oxygen atoms in total. The van der Waals surface area contributed by atoms with Gasteiger partial charge in [-0.3, -0.25) is 4.79 Å². The van der Waals surface area contributed by atoms with Crippen LogP contribution >= 0.6 is 0 Å². The second kappa shape index (κ2) is 9.04. The number of methoxy groups -OCH3 is 1. The molecule has 0 saturated heterocycles. The Balaban J connectivity index is 1.83. The maximum absolute atomic E-state index is 12.1. The average molecular weight is 355 g/mol. The number of carboxylic acid groups (broad SMARTS) is 1. The molecular weight excluding hydrogens is 330 g/mol. The van der Waals surface area contributed by atoms with E-state index in [0.29, 0.717) is 31.6 Å². The molecule has 0 spiro atoms. The number of ether oxygens (including phenoxy) is 1. The van der Waals surface area contributed by atoms with Crippen LogP contribution in [0.5, 0.6) is 5.75 Å². The van der Waals surface area contributed by atoms with E-state index >= 15 is 0 Å². The van der Waals surface area contributed by atoms with Crippen LogP contribution in [-0.2, 0) is 17.6 Å². The number of nitrogens with one attached hydrogen (secondary N) is 1. The van der Waals surface area contributed by atoms with E-state index in [2.05, 4.69) is 37.4 Å². The van der Waals surface area contributed by atoms with Crippen LogP contribution in [0.1, 0.15) is 39.0 Å². The number of aryl methyl sites for hydroxylation is 3. The first-order chi connectivity index (χ1) is 12.4. The summed E-state index contributed by atoms with van der Waals surface area (Å²) in [5.41, 5.74) is 4.63. The summed E-state index contributed by atoms with van der Waals surface area (Å²) in [6, 6.07) is 11.1. The van der Waals surface area contributed by atoms with Crippen molar-refractivity contribution in [1.29, 1.82) is 0 Å². The van der Waals surface area contributed by atoms with Crippen molar-refractivity contribution in [2.45, 2.75) is 33.1 Å². The SMILES string of the molecule is COc1cc(C(=O)O)ccc1CCNC(=O)CCc1cc(C)cc(C)c1. The van der Waals surface area contributed by atoms with Gasteiger partial charge in [-0.15, -0.1) is 0 Å². The van der Waals surface area contributed by atoms with E-state index in [1.165, 1.54) is 29.9 Å². The van der Waals surface area contributed by atoms with Crippen molar-refractivity contribution < 1.29 is 19.4 Å². The van der Waals surface area contributed by atoms with E-state index in [4.69, 9.17) is 9.84 Å². The minimum Gasteiger partial charge on any atom is -0.496 e. The molecule has 0 fully saturated rings. The molecule has 0 aliphatic carbocycles. The minimum absolute atomic E-state index is 0.00489. The molecule has 0 aromatic heterocycles. The van der Waals surface area contributed by atoms with Gasteiger partial charge in [0.2, 0.25) is 5.91 Å². The number of hydrogen-bond donors (Lipinski definition) is 2. The van der Waals surface area contributed by atoms with Crippen molar-refractivity contribution in [1.82, 2.24) is 5.32 Å². The van der Waals surface area contributed by atoms with Crippen LogP contribution in [0.25, 0.3) is 0 Å². The molecule has 5 heteroatoms. The second-order valence-corrected chi connectivity index (χ2v) is 6.43. The van der Waals surface area contributed by atoms with Gasteiger partial charge in [0.05, 0.1) is 12.7 Å². The van der Waals surface area contributed by atoms with Crippen LogP contribution in [0.2, 0.25) is 0 Å². The van der Waals surface area contributed by atoms with Gasteiger partial charge in [0.15, 0.2) is 0 Å². The number of carboxylic acids is 1. The topological polar surface area (TPSA) is 75.6 Å². The van der Waals surface area contributed by atoms with Gasteiger partial charge >= 0.3 is 5.97 Å². The molecule has 2 aromatic rings. The Labute approximate surface area is 154 Å². The molecule has 0 aliphatic rings. The molecule has 1 amide bonds. The van der Waals surface area contributed by atoms with Gasteiger partial charge < -0.3 is 15.2 Å². The minimum atomic E-state index is -0.991. The van der Waals surface area contributed by atoms with Gasteiger partial charge in [-0.05, 0) is 49.9 Å². The number of carbonyl (C=O) groups excluding carboxylic acids is 1. The molecule has 2 rings (SSSR count). The lowest BCUT2D eigenvalue weighted by Crippen LogP contribution is -2.26. The molecule has 0 atom stereocenters. The highest BCUT2D eigenvalue weighted by molar-refractivity contribution is 5.88. The van der Waals surface area contributed by atoms with Crippen LogP contribution in [-0.4, -0.2) is 30.6 Å². The molecule has 0 saturated carbocycles. The molecule has 0 bridgehead atoms. The predicted octanol–water partition coefficient (Wildman–Crippen LogP) is 3.30. The number of rotatable bonds is 8. The standard InChI is InChI=1S/C21H25NO4/c1-14-10-15(2)12-16(11-14)4-7-20(23)22-9-8-17-5-6-18(21(24)25)13-19(17)26-3/h5-6,10-13H,4,7-9H2,1-3H3,(H,22,23)(H,24,25). The number of benzene rings is 2. The fourth-order valence-corrected chi connectivity index (χ4v) is 2.98. The monoisotopic (exact) mass is 355 g/mol. The largest absolute Gasteiger partial charge is 0.496 e. The molecule has 0 heterocycles. The number of aromatic carboxylic acids is 1. The second-order valence-electron chi connectivity index (χ2n) is 6.43. The van der Waals surface area contributed by atoms with Crippen molar-refractivity contribution in [3.63, 3.8) is 0 Å². The summed E-state index contributed by atoms with van der Waals surface area (Å²) in [6.45, 7) is 4.59. The summed E-state index contributed by atoms with van der Waals surface area (Å²) < 4.78 is 5.25. The quantitative estimate of drug-likeness (QED) is 0.762. The summed E-state index contributed by atoms with van der Waals surface area (Å²) >= 11 is 0. The first-order valence-corrected chi connectivity index (χ1v) is 8.63. The van der Waals surface area contributed by atoms with Crippen LogP contribution in [0, 0.1) is 13.8 Å². The number of amides is 1. The molecule has 0 aliphatic heterocycles. The summed E-state index contributed by atoms with van der Waals surface area (Å²) in [4.78, 5) is 23.1. The molecule has 0 unspecified atom stereocenters. The predicted molar refractivity (Wildman–Crippen MR) is 101 cm³/mol. The van der Waals surface area contributed by atoms with Crippen molar-refractivity contribution in [2.24, 2.45) is 0 Å². The van der Waals surface area contributed by atoms with Crippen LogP contribution < -0.4 is 10.1 Å². The Bertz CT molecular complexity index is 778. The zero-order valence-electron chi connectivity index (χ0n) is 15.5. The van der Waals surface area contributed by atoms with Crippen molar-refractivity contribution >= 4 is 11.9 Å². The molecule has 2 N–H and O–H groups in total. The van der Waals surface area contributed by atoms with E-state index in [-0.39, 0.29) is 11.5 Å². The first kappa shape index (κ1) is 19.5. The van der Waals surface area contributed by atoms with Gasteiger partial charge in [-0.1, -0.05) is 35.4 Å². The maximum atomic E-state index is 12.1. The van der Waals surface area contributed by atoms with Gasteiger partial charge in [-0.2, -0.15) is 0 Å². The number of hydrogen-bond acceptors (Lipinski definition) is 3. The normalized spacial score (nSPS) is 10.4. The lowest BCUT2D eigenvalue weighted by Gasteiger charge is -2.10. The Morgan fingerprint density at radius 1 is 1.04 bits per heavy atom. The Hall–Kier alpha value is -2.82. The Morgan fingerprint density at radius 3 is 2.35 bits per heavy atom. The van der Waals surface area contributed by atoms with E-state index in [1.54, 1.807) is 12.1 Å². The molecular formula is C21H25NO4. The fraction of sp³-hybridized carbons (Fsp3) is 0.333. The molecule has 138 valence electrons. The van der Waals surface area contributed by atoms with Gasteiger partial charge in [0, 0.05) is 13.0 Å². The Morgan fingerprint density at radius 2 is 1.73 bits per heavy atom.